The number of para-hydroxylation sites is 2. The second-order valence-corrected chi connectivity index (χ2v) is 16.0. The van der Waals surface area contributed by atoms with Crippen LogP contribution >= 0.6 is 11.3 Å². The van der Waals surface area contributed by atoms with Crippen molar-refractivity contribution in [2.45, 2.75) is 0 Å². The van der Waals surface area contributed by atoms with E-state index in [1.165, 1.54) is 41.9 Å². The Morgan fingerprint density at radius 3 is 1.95 bits per heavy atom. The van der Waals surface area contributed by atoms with Gasteiger partial charge in [0.05, 0.1) is 22.2 Å². The summed E-state index contributed by atoms with van der Waals surface area (Å²) in [7, 11) is 0. The van der Waals surface area contributed by atoms with Crippen LogP contribution in [0.4, 0.5) is 0 Å². The molecule has 0 aliphatic carbocycles. The summed E-state index contributed by atoms with van der Waals surface area (Å²) in [5.74, 6) is 0.635. The quantitative estimate of drug-likeness (QED) is 0.176. The number of thiophene rings is 1. The molecule has 0 fully saturated rings. The molecular weight excluding hydrogens is 725 g/mol. The first kappa shape index (κ1) is 32.7. The molecular formula is C53H32N4S. The lowest BCUT2D eigenvalue weighted by Gasteiger charge is -2.15. The molecule has 8 aromatic carbocycles. The van der Waals surface area contributed by atoms with E-state index in [1.54, 1.807) is 0 Å². The molecule has 5 heteroatoms. The molecule has 0 unspecified atom stereocenters. The Balaban J connectivity index is 1.09. The highest BCUT2D eigenvalue weighted by atomic mass is 32.1. The zero-order valence-corrected chi connectivity index (χ0v) is 32.0. The van der Waals surface area contributed by atoms with Crippen LogP contribution in [-0.2, 0) is 0 Å². The normalized spacial score (nSPS) is 11.8. The van der Waals surface area contributed by atoms with Crippen LogP contribution in [0.2, 0.25) is 0 Å². The van der Waals surface area contributed by atoms with Gasteiger partial charge in [-0.2, -0.15) is 0 Å². The molecule has 4 heterocycles. The summed E-state index contributed by atoms with van der Waals surface area (Å²) in [5.41, 5.74) is 11.6. The van der Waals surface area contributed by atoms with Crippen molar-refractivity contribution in [3.05, 3.63) is 194 Å². The average Bonchev–Trinajstić information content (AvgIpc) is 3.83. The second-order valence-electron chi connectivity index (χ2n) is 14.9. The first-order valence-corrected chi connectivity index (χ1v) is 20.3. The number of fused-ring (bicyclic) bond motifs is 8. The summed E-state index contributed by atoms with van der Waals surface area (Å²) in [6, 6.07) is 65.4. The molecule has 0 radical (unpaired) electrons. The Hall–Kier alpha value is -7.47. The van der Waals surface area contributed by atoms with Crippen LogP contribution in [0.15, 0.2) is 194 Å². The largest absolute Gasteiger partial charge is 0.278 e. The fourth-order valence-corrected chi connectivity index (χ4v) is 9.74. The Bertz CT molecular complexity index is 3580. The fraction of sp³-hybridized carbons (Fsp3) is 0. The minimum atomic E-state index is 0.635. The molecule has 0 N–H and O–H groups in total. The standard InChI is InChI=1S/C53H32N4S/c1-2-11-34-26-35(20-19-33(34)10-1)39-27-40(38-12-9-25-54-32-38)29-41(28-39)52-45-15-3-6-16-47(45)55-53(56-52)57-48-17-7-4-13-42(48)43-23-21-37(31-49(43)57)36-22-24-51-46(30-36)44-14-5-8-18-50(44)58-51/h1-32H. The van der Waals surface area contributed by atoms with Crippen LogP contribution in [0, 0.1) is 0 Å². The summed E-state index contributed by atoms with van der Waals surface area (Å²) in [4.78, 5) is 15.3. The number of hydrogen-bond acceptors (Lipinski definition) is 4. The molecule has 4 aromatic heterocycles. The van der Waals surface area contributed by atoms with E-state index in [4.69, 9.17) is 9.97 Å². The molecule has 0 amide bonds. The summed E-state index contributed by atoms with van der Waals surface area (Å²) >= 11 is 1.85. The van der Waals surface area contributed by atoms with E-state index >= 15 is 0 Å². The lowest BCUT2D eigenvalue weighted by molar-refractivity contribution is 1.01. The van der Waals surface area contributed by atoms with Crippen molar-refractivity contribution in [2.75, 3.05) is 0 Å². The van der Waals surface area contributed by atoms with Gasteiger partial charge in [-0.1, -0.05) is 115 Å². The van der Waals surface area contributed by atoms with Gasteiger partial charge in [-0.05, 0) is 105 Å². The van der Waals surface area contributed by atoms with Crippen molar-refractivity contribution in [3.8, 4) is 50.6 Å². The number of rotatable bonds is 5. The molecule has 0 bridgehead atoms. The van der Waals surface area contributed by atoms with Gasteiger partial charge in [0, 0.05) is 59.9 Å². The van der Waals surface area contributed by atoms with Gasteiger partial charge in [-0.15, -0.1) is 11.3 Å². The Kier molecular flexibility index (Phi) is 7.37. The molecule has 0 atom stereocenters. The molecule has 0 saturated carbocycles. The highest BCUT2D eigenvalue weighted by Crippen LogP contribution is 2.40. The van der Waals surface area contributed by atoms with E-state index in [9.17, 15) is 0 Å². The third-order valence-electron chi connectivity index (χ3n) is 11.5. The van der Waals surface area contributed by atoms with Gasteiger partial charge in [0.25, 0.3) is 0 Å². The minimum Gasteiger partial charge on any atom is -0.278 e. The van der Waals surface area contributed by atoms with Gasteiger partial charge >= 0.3 is 0 Å². The van der Waals surface area contributed by atoms with Crippen LogP contribution in [-0.4, -0.2) is 19.5 Å². The van der Waals surface area contributed by atoms with Gasteiger partial charge in [0.15, 0.2) is 0 Å². The maximum atomic E-state index is 5.54. The van der Waals surface area contributed by atoms with Crippen molar-refractivity contribution in [1.82, 2.24) is 19.5 Å². The number of aromatic nitrogens is 4. The Morgan fingerprint density at radius 2 is 1.05 bits per heavy atom. The van der Waals surface area contributed by atoms with Crippen LogP contribution in [0.5, 0.6) is 0 Å². The minimum absolute atomic E-state index is 0.635. The van der Waals surface area contributed by atoms with Crippen LogP contribution in [0.25, 0.3) is 114 Å². The maximum Gasteiger partial charge on any atom is 0.235 e. The zero-order valence-electron chi connectivity index (χ0n) is 31.2. The lowest BCUT2D eigenvalue weighted by Crippen LogP contribution is -2.03. The molecule has 270 valence electrons. The molecule has 12 aromatic rings. The van der Waals surface area contributed by atoms with E-state index in [1.807, 2.05) is 29.8 Å². The molecule has 12 rings (SSSR count). The first-order valence-electron chi connectivity index (χ1n) is 19.5. The molecule has 0 aliphatic rings. The zero-order chi connectivity index (χ0) is 38.2. The summed E-state index contributed by atoms with van der Waals surface area (Å²) in [5, 5.41) is 8.34. The lowest BCUT2D eigenvalue weighted by atomic mass is 9.93. The summed E-state index contributed by atoms with van der Waals surface area (Å²) in [6.07, 6.45) is 3.75. The average molecular weight is 757 g/mol. The second kappa shape index (κ2) is 13.1. The molecule has 0 spiro atoms. The topological polar surface area (TPSA) is 43.6 Å². The summed E-state index contributed by atoms with van der Waals surface area (Å²) < 4.78 is 4.86. The smallest absolute Gasteiger partial charge is 0.235 e. The van der Waals surface area contributed by atoms with E-state index in [2.05, 4.69) is 185 Å². The highest BCUT2D eigenvalue weighted by molar-refractivity contribution is 7.25. The number of benzene rings is 8. The number of pyridine rings is 1. The SMILES string of the molecule is c1cncc(-c2cc(-c3ccc4ccccc4c3)cc(-c3nc(-n4c5ccccc5c5ccc(-c6ccc7sc8ccccc8c7c6)cc54)nc4ccccc34)c2)c1. The van der Waals surface area contributed by atoms with Crippen LogP contribution in [0.1, 0.15) is 0 Å². The van der Waals surface area contributed by atoms with Gasteiger partial charge in [-0.25, -0.2) is 9.97 Å². The van der Waals surface area contributed by atoms with Crippen LogP contribution in [0.3, 0.4) is 0 Å². The number of hydrogen-bond donors (Lipinski definition) is 0. The summed E-state index contributed by atoms with van der Waals surface area (Å²) in [6.45, 7) is 0. The van der Waals surface area contributed by atoms with E-state index in [0.29, 0.717) is 5.95 Å². The third-order valence-corrected chi connectivity index (χ3v) is 12.6. The molecule has 0 saturated heterocycles. The van der Waals surface area contributed by atoms with Gasteiger partial charge < -0.3 is 0 Å². The fourth-order valence-electron chi connectivity index (χ4n) is 8.66. The van der Waals surface area contributed by atoms with Gasteiger partial charge in [0.2, 0.25) is 5.95 Å². The molecule has 4 nitrogen and oxygen atoms in total. The van der Waals surface area contributed by atoms with Gasteiger partial charge in [-0.3, -0.25) is 9.55 Å². The van der Waals surface area contributed by atoms with Crippen molar-refractivity contribution >= 4 is 75.0 Å². The molecule has 58 heavy (non-hydrogen) atoms. The first-order chi connectivity index (χ1) is 28.7. The van der Waals surface area contributed by atoms with Crippen molar-refractivity contribution in [1.29, 1.82) is 0 Å². The molecule has 0 aliphatic heterocycles. The van der Waals surface area contributed by atoms with Crippen molar-refractivity contribution in [3.63, 3.8) is 0 Å². The van der Waals surface area contributed by atoms with Crippen molar-refractivity contribution < 1.29 is 0 Å². The van der Waals surface area contributed by atoms with E-state index in [-0.39, 0.29) is 0 Å². The maximum absolute atomic E-state index is 5.54. The van der Waals surface area contributed by atoms with E-state index < -0.39 is 0 Å². The Labute approximate surface area is 338 Å². The third kappa shape index (κ3) is 5.32. The monoisotopic (exact) mass is 756 g/mol. The Morgan fingerprint density at radius 1 is 0.379 bits per heavy atom. The number of nitrogens with zero attached hydrogens (tertiary/aromatic N) is 4. The van der Waals surface area contributed by atoms with Crippen molar-refractivity contribution in [2.24, 2.45) is 0 Å². The van der Waals surface area contributed by atoms with E-state index in [0.717, 1.165) is 66.4 Å². The van der Waals surface area contributed by atoms with Crippen LogP contribution < -0.4 is 0 Å². The van der Waals surface area contributed by atoms with Gasteiger partial charge in [0.1, 0.15) is 0 Å². The predicted octanol–water partition coefficient (Wildman–Crippen LogP) is 14.3. The highest BCUT2D eigenvalue weighted by Gasteiger charge is 2.19. The predicted molar refractivity (Wildman–Crippen MR) is 244 cm³/mol.